The molecular formula is C19H21N2O+. The van der Waals surface area contributed by atoms with Crippen LogP contribution in [0.4, 0.5) is 5.69 Å². The molecule has 0 aliphatic heterocycles. The van der Waals surface area contributed by atoms with Crippen LogP contribution in [0.15, 0.2) is 79.7 Å². The maximum absolute atomic E-state index is 10.0. The topological polar surface area (TPSA) is 26.5 Å². The SMILES string of the molecule is C=CN(Cc1ccc(/C=[N+](\O)c2ccccc2)cc1)C(=C)C. The molecule has 2 rings (SSSR count). The zero-order valence-corrected chi connectivity index (χ0v) is 12.8. The zero-order valence-electron chi connectivity index (χ0n) is 12.8. The van der Waals surface area contributed by atoms with Crippen LogP contribution < -0.4 is 0 Å². The summed E-state index contributed by atoms with van der Waals surface area (Å²) in [4.78, 5) is 1.99. The van der Waals surface area contributed by atoms with Gasteiger partial charge in [0.2, 0.25) is 6.21 Å². The van der Waals surface area contributed by atoms with E-state index in [0.29, 0.717) is 0 Å². The number of rotatable bonds is 6. The average Bonchev–Trinajstić information content (AvgIpc) is 2.54. The van der Waals surface area contributed by atoms with Crippen LogP contribution in [0.3, 0.4) is 0 Å². The molecular weight excluding hydrogens is 272 g/mol. The summed E-state index contributed by atoms with van der Waals surface area (Å²) in [5.41, 5.74) is 3.77. The van der Waals surface area contributed by atoms with Crippen LogP contribution in [0, 0.1) is 0 Å². The quantitative estimate of drug-likeness (QED) is 0.371. The van der Waals surface area contributed by atoms with Crippen LogP contribution in [-0.4, -0.2) is 21.1 Å². The molecule has 0 atom stereocenters. The summed E-state index contributed by atoms with van der Waals surface area (Å²) in [7, 11) is 0. The lowest BCUT2D eigenvalue weighted by Crippen LogP contribution is -2.13. The Hall–Kier alpha value is -2.81. The average molecular weight is 293 g/mol. The number of para-hydroxylation sites is 1. The molecule has 0 saturated heterocycles. The normalized spacial score (nSPS) is 11.0. The second kappa shape index (κ2) is 7.27. The van der Waals surface area contributed by atoms with Crippen LogP contribution in [0.5, 0.6) is 0 Å². The molecule has 0 aromatic heterocycles. The van der Waals surface area contributed by atoms with Gasteiger partial charge in [0.15, 0.2) is 0 Å². The van der Waals surface area contributed by atoms with E-state index >= 15 is 0 Å². The lowest BCUT2D eigenvalue weighted by atomic mass is 10.1. The summed E-state index contributed by atoms with van der Waals surface area (Å²) in [6.07, 6.45) is 3.45. The Morgan fingerprint density at radius 2 is 1.77 bits per heavy atom. The van der Waals surface area contributed by atoms with Crippen LogP contribution in [-0.2, 0) is 6.54 Å². The van der Waals surface area contributed by atoms with E-state index < -0.39 is 0 Å². The smallest absolute Gasteiger partial charge is 0.257 e. The van der Waals surface area contributed by atoms with Crippen LogP contribution >= 0.6 is 0 Å². The summed E-state index contributed by atoms with van der Waals surface area (Å²) >= 11 is 0. The van der Waals surface area contributed by atoms with Crippen LogP contribution in [0.1, 0.15) is 18.1 Å². The summed E-state index contributed by atoms with van der Waals surface area (Å²) < 4.78 is 1.12. The molecule has 2 aromatic carbocycles. The van der Waals surface area contributed by atoms with Crippen LogP contribution in [0.2, 0.25) is 0 Å². The van der Waals surface area contributed by atoms with Crippen molar-refractivity contribution in [3.8, 4) is 0 Å². The molecule has 0 aliphatic carbocycles. The maximum atomic E-state index is 10.0. The molecule has 112 valence electrons. The fourth-order valence-electron chi connectivity index (χ4n) is 2.06. The Balaban J connectivity index is 2.12. The first kappa shape index (κ1) is 15.6. The number of allylic oxidation sites excluding steroid dienone is 1. The summed E-state index contributed by atoms with van der Waals surface area (Å²) in [6, 6.07) is 17.4. The van der Waals surface area contributed by atoms with Gasteiger partial charge in [-0.3, -0.25) is 5.21 Å². The molecule has 1 N–H and O–H groups in total. The minimum atomic E-state index is 0.728. The van der Waals surface area contributed by atoms with Gasteiger partial charge in [-0.05, 0) is 30.8 Å². The van der Waals surface area contributed by atoms with Crippen molar-refractivity contribution in [2.24, 2.45) is 0 Å². The van der Waals surface area contributed by atoms with Crippen molar-refractivity contribution in [2.45, 2.75) is 13.5 Å². The molecule has 0 saturated carbocycles. The third-order valence-electron chi connectivity index (χ3n) is 3.34. The van der Waals surface area contributed by atoms with E-state index in [1.54, 1.807) is 12.4 Å². The molecule has 0 aliphatic rings. The van der Waals surface area contributed by atoms with Gasteiger partial charge in [-0.15, -0.1) is 0 Å². The Bertz CT molecular complexity index is 672. The molecule has 2 aromatic rings. The fourth-order valence-corrected chi connectivity index (χ4v) is 2.06. The van der Waals surface area contributed by atoms with Gasteiger partial charge in [-0.25, -0.2) is 0 Å². The highest BCUT2D eigenvalue weighted by molar-refractivity contribution is 5.76. The lowest BCUT2D eigenvalue weighted by molar-refractivity contribution is -0.709. The number of benzene rings is 2. The molecule has 22 heavy (non-hydrogen) atoms. The second-order valence-electron chi connectivity index (χ2n) is 5.10. The maximum Gasteiger partial charge on any atom is 0.257 e. The van der Waals surface area contributed by atoms with Crippen molar-refractivity contribution in [1.82, 2.24) is 4.90 Å². The van der Waals surface area contributed by atoms with Gasteiger partial charge in [-0.2, -0.15) is 0 Å². The van der Waals surface area contributed by atoms with E-state index in [0.717, 1.165) is 33.8 Å². The van der Waals surface area contributed by atoms with Crippen molar-refractivity contribution < 1.29 is 9.95 Å². The molecule has 0 fully saturated rings. The van der Waals surface area contributed by atoms with Gasteiger partial charge in [0.25, 0.3) is 5.69 Å². The van der Waals surface area contributed by atoms with Gasteiger partial charge in [0, 0.05) is 34.7 Å². The molecule has 3 nitrogen and oxygen atoms in total. The standard InChI is InChI=1S/C19H21N2O/c1-4-20(16(2)3)14-17-10-12-18(13-11-17)15-21(22)19-8-6-5-7-9-19/h4-13,15,22H,1-2,14H2,3H3/q+1/b21-15-. The minimum absolute atomic E-state index is 0.728. The summed E-state index contributed by atoms with van der Waals surface area (Å²) in [5, 5.41) is 10.0. The fraction of sp³-hybridized carbons (Fsp3) is 0.105. The van der Waals surface area contributed by atoms with E-state index in [1.807, 2.05) is 66.4 Å². The Morgan fingerprint density at radius 1 is 1.14 bits per heavy atom. The highest BCUT2D eigenvalue weighted by Crippen LogP contribution is 2.12. The van der Waals surface area contributed by atoms with Crippen molar-refractivity contribution in [3.05, 3.63) is 90.8 Å². The van der Waals surface area contributed by atoms with Gasteiger partial charge < -0.3 is 4.90 Å². The summed E-state index contributed by atoms with van der Waals surface area (Å²) in [5.74, 6) is 0. The van der Waals surface area contributed by atoms with E-state index in [2.05, 4.69) is 13.2 Å². The van der Waals surface area contributed by atoms with Gasteiger partial charge in [-0.1, -0.05) is 43.5 Å². The van der Waals surface area contributed by atoms with E-state index in [4.69, 9.17) is 0 Å². The van der Waals surface area contributed by atoms with Crippen molar-refractivity contribution in [2.75, 3.05) is 0 Å². The third-order valence-corrected chi connectivity index (χ3v) is 3.34. The molecule has 0 heterocycles. The van der Waals surface area contributed by atoms with Gasteiger partial charge in [0.05, 0.1) is 0 Å². The first-order chi connectivity index (χ1) is 10.6. The van der Waals surface area contributed by atoms with E-state index in [-0.39, 0.29) is 0 Å². The Morgan fingerprint density at radius 3 is 2.32 bits per heavy atom. The highest BCUT2D eigenvalue weighted by atomic mass is 16.5. The van der Waals surface area contributed by atoms with Gasteiger partial charge in [0.1, 0.15) is 0 Å². The molecule has 0 bridgehead atoms. The number of hydrogen-bond donors (Lipinski definition) is 1. The molecule has 0 radical (unpaired) electrons. The van der Waals surface area contributed by atoms with Crippen LogP contribution in [0.25, 0.3) is 0 Å². The largest absolute Gasteiger partial charge is 0.349 e. The number of nitrogens with zero attached hydrogens (tertiary/aromatic N) is 2. The second-order valence-corrected chi connectivity index (χ2v) is 5.10. The summed E-state index contributed by atoms with van der Waals surface area (Å²) in [6.45, 7) is 10.4. The predicted molar refractivity (Wildman–Crippen MR) is 90.3 cm³/mol. The molecule has 0 spiro atoms. The van der Waals surface area contributed by atoms with E-state index in [9.17, 15) is 5.21 Å². The molecule has 0 amide bonds. The molecule has 0 unspecified atom stereocenters. The van der Waals surface area contributed by atoms with Crippen molar-refractivity contribution in [3.63, 3.8) is 0 Å². The first-order valence-electron chi connectivity index (χ1n) is 7.12. The van der Waals surface area contributed by atoms with Gasteiger partial charge >= 0.3 is 0 Å². The third kappa shape index (κ3) is 4.09. The minimum Gasteiger partial charge on any atom is -0.349 e. The highest BCUT2D eigenvalue weighted by Gasteiger charge is 2.07. The Kier molecular flexibility index (Phi) is 5.15. The zero-order chi connectivity index (χ0) is 15.9. The van der Waals surface area contributed by atoms with Crippen molar-refractivity contribution >= 4 is 11.9 Å². The van der Waals surface area contributed by atoms with Crippen molar-refractivity contribution in [1.29, 1.82) is 0 Å². The lowest BCUT2D eigenvalue weighted by Gasteiger charge is -2.19. The monoisotopic (exact) mass is 293 g/mol. The molecule has 3 heteroatoms. The Labute approximate surface area is 131 Å². The predicted octanol–water partition coefficient (Wildman–Crippen LogP) is 4.32. The first-order valence-corrected chi connectivity index (χ1v) is 7.12. The number of hydrogen-bond acceptors (Lipinski definition) is 2. The van der Waals surface area contributed by atoms with E-state index in [1.165, 1.54) is 0 Å².